The van der Waals surface area contributed by atoms with E-state index in [1.54, 1.807) is 42.5 Å². The number of benzene rings is 2. The lowest BCUT2D eigenvalue weighted by molar-refractivity contribution is -0.139. The molecule has 0 amide bonds. The van der Waals surface area contributed by atoms with Crippen LogP contribution in [0.25, 0.3) is 11.6 Å². The first-order valence-corrected chi connectivity index (χ1v) is 7.70. The highest BCUT2D eigenvalue weighted by molar-refractivity contribution is 6.32. The summed E-state index contributed by atoms with van der Waals surface area (Å²) in [5, 5.41) is 27.2. The molecule has 0 fully saturated rings. The van der Waals surface area contributed by atoms with E-state index < -0.39 is 12.6 Å². The third-order valence-electron chi connectivity index (χ3n) is 3.35. The van der Waals surface area contributed by atoms with Crippen LogP contribution in [0.15, 0.2) is 36.4 Å². The van der Waals surface area contributed by atoms with Crippen LogP contribution in [0.2, 0.25) is 5.02 Å². The van der Waals surface area contributed by atoms with Crippen LogP contribution in [0, 0.1) is 22.7 Å². The number of nitriles is 2. The number of methoxy groups -OCH3 is 1. The Labute approximate surface area is 155 Å². The van der Waals surface area contributed by atoms with Gasteiger partial charge in [0, 0.05) is 0 Å². The number of nitrogens with zero attached hydrogens (tertiary/aromatic N) is 2. The van der Waals surface area contributed by atoms with Crippen LogP contribution in [0.1, 0.15) is 16.7 Å². The van der Waals surface area contributed by atoms with Gasteiger partial charge in [-0.25, -0.2) is 4.79 Å². The molecule has 0 spiro atoms. The molecule has 0 bridgehead atoms. The molecular weight excluding hydrogens is 356 g/mol. The van der Waals surface area contributed by atoms with Gasteiger partial charge < -0.3 is 14.6 Å². The Kier molecular flexibility index (Phi) is 6.21. The first-order chi connectivity index (χ1) is 12.5. The second kappa shape index (κ2) is 8.57. The zero-order valence-corrected chi connectivity index (χ0v) is 14.4. The smallest absolute Gasteiger partial charge is 0.341 e. The molecule has 0 aliphatic heterocycles. The molecule has 6 nitrogen and oxygen atoms in total. The molecule has 7 heteroatoms. The minimum atomic E-state index is -1.14. The van der Waals surface area contributed by atoms with E-state index in [1.165, 1.54) is 7.11 Å². The van der Waals surface area contributed by atoms with Crippen LogP contribution >= 0.6 is 11.6 Å². The fourth-order valence-electron chi connectivity index (χ4n) is 2.17. The van der Waals surface area contributed by atoms with Crippen molar-refractivity contribution in [1.82, 2.24) is 0 Å². The zero-order chi connectivity index (χ0) is 19.1. The summed E-state index contributed by atoms with van der Waals surface area (Å²) < 4.78 is 10.3. The molecule has 0 aliphatic carbocycles. The summed E-state index contributed by atoms with van der Waals surface area (Å²) in [4.78, 5) is 10.7. The monoisotopic (exact) mass is 368 g/mol. The minimum Gasteiger partial charge on any atom is -0.493 e. The van der Waals surface area contributed by atoms with E-state index in [1.807, 2.05) is 6.07 Å². The Morgan fingerprint density at radius 3 is 2.50 bits per heavy atom. The first-order valence-electron chi connectivity index (χ1n) is 7.33. The van der Waals surface area contributed by atoms with Gasteiger partial charge in [0.05, 0.1) is 35.4 Å². The van der Waals surface area contributed by atoms with E-state index in [0.29, 0.717) is 22.3 Å². The Bertz CT molecular complexity index is 938. The van der Waals surface area contributed by atoms with Crippen molar-refractivity contribution in [3.63, 3.8) is 0 Å². The summed E-state index contributed by atoms with van der Waals surface area (Å²) in [5.74, 6) is -0.771. The van der Waals surface area contributed by atoms with E-state index in [2.05, 4.69) is 6.07 Å². The highest BCUT2D eigenvalue weighted by Crippen LogP contribution is 2.37. The molecule has 0 atom stereocenters. The number of carboxylic acid groups (broad SMARTS) is 1. The third-order valence-corrected chi connectivity index (χ3v) is 3.63. The molecule has 26 heavy (non-hydrogen) atoms. The van der Waals surface area contributed by atoms with Crippen molar-refractivity contribution >= 4 is 29.2 Å². The molecule has 2 aromatic carbocycles. The number of carbonyl (C=O) groups is 1. The summed E-state index contributed by atoms with van der Waals surface area (Å²) in [7, 11) is 1.40. The molecule has 0 saturated heterocycles. The number of rotatable bonds is 6. The van der Waals surface area contributed by atoms with E-state index >= 15 is 0 Å². The van der Waals surface area contributed by atoms with Crippen LogP contribution in [0.4, 0.5) is 0 Å². The average molecular weight is 369 g/mol. The van der Waals surface area contributed by atoms with E-state index in [9.17, 15) is 10.1 Å². The van der Waals surface area contributed by atoms with Gasteiger partial charge in [0.15, 0.2) is 18.1 Å². The topological polar surface area (TPSA) is 103 Å². The van der Waals surface area contributed by atoms with Crippen LogP contribution in [-0.2, 0) is 4.79 Å². The Balaban J connectivity index is 2.41. The van der Waals surface area contributed by atoms with Gasteiger partial charge in [-0.2, -0.15) is 10.5 Å². The number of hydrogen-bond donors (Lipinski definition) is 1. The highest BCUT2D eigenvalue weighted by Gasteiger charge is 2.13. The molecule has 0 aliphatic rings. The lowest BCUT2D eigenvalue weighted by atomic mass is 10.0. The van der Waals surface area contributed by atoms with Gasteiger partial charge in [-0.1, -0.05) is 23.7 Å². The lowest BCUT2D eigenvalue weighted by Crippen LogP contribution is -2.10. The van der Waals surface area contributed by atoms with Gasteiger partial charge in [0.1, 0.15) is 0 Å². The predicted molar refractivity (Wildman–Crippen MR) is 95.8 cm³/mol. The second-order valence-electron chi connectivity index (χ2n) is 5.08. The Hall–Kier alpha value is -3.48. The molecule has 0 saturated carbocycles. The summed E-state index contributed by atoms with van der Waals surface area (Å²) in [6.45, 7) is -0.556. The average Bonchev–Trinajstić information content (AvgIpc) is 2.64. The molecule has 2 rings (SSSR count). The predicted octanol–water partition coefficient (Wildman–Crippen LogP) is 3.75. The lowest BCUT2D eigenvalue weighted by Gasteiger charge is -2.12. The SMILES string of the molecule is COc1cc(/C=C(/C#N)c2ccc(C#N)cc2)cc(Cl)c1OCC(=O)O. The molecule has 0 unspecified atom stereocenters. The van der Waals surface area contributed by atoms with Gasteiger partial charge in [0.25, 0.3) is 0 Å². The van der Waals surface area contributed by atoms with Crippen LogP contribution in [0.5, 0.6) is 11.5 Å². The van der Waals surface area contributed by atoms with Gasteiger partial charge in [0.2, 0.25) is 0 Å². The molecule has 0 aromatic heterocycles. The number of ether oxygens (including phenoxy) is 2. The van der Waals surface area contributed by atoms with E-state index in [4.69, 9.17) is 31.4 Å². The van der Waals surface area contributed by atoms with Crippen LogP contribution in [0.3, 0.4) is 0 Å². The first kappa shape index (κ1) is 18.9. The minimum absolute atomic E-state index is 0.116. The van der Waals surface area contributed by atoms with Crippen molar-refractivity contribution in [1.29, 1.82) is 10.5 Å². The summed E-state index contributed by atoms with van der Waals surface area (Å²) >= 11 is 6.16. The summed E-state index contributed by atoms with van der Waals surface area (Å²) in [5.41, 5.74) is 2.09. The Morgan fingerprint density at radius 2 is 1.96 bits per heavy atom. The molecular formula is C19H13ClN2O4. The fourth-order valence-corrected chi connectivity index (χ4v) is 2.44. The normalized spacial score (nSPS) is 10.5. The van der Waals surface area contributed by atoms with Gasteiger partial charge in [-0.05, 0) is 41.5 Å². The van der Waals surface area contributed by atoms with Gasteiger partial charge in [-0.3, -0.25) is 0 Å². The maximum absolute atomic E-state index is 10.7. The summed E-state index contributed by atoms with van der Waals surface area (Å²) in [6.07, 6.45) is 1.61. The fraction of sp³-hybridized carbons (Fsp3) is 0.105. The maximum atomic E-state index is 10.7. The quantitative estimate of drug-likeness (QED) is 0.615. The molecule has 0 heterocycles. The van der Waals surface area contributed by atoms with E-state index in [0.717, 1.165) is 0 Å². The number of allylic oxidation sites excluding steroid dienone is 1. The summed E-state index contributed by atoms with van der Waals surface area (Å²) in [6, 6.07) is 13.8. The van der Waals surface area contributed by atoms with E-state index in [-0.39, 0.29) is 16.5 Å². The van der Waals surface area contributed by atoms with Crippen molar-refractivity contribution in [2.24, 2.45) is 0 Å². The van der Waals surface area contributed by atoms with Crippen molar-refractivity contribution in [3.8, 4) is 23.6 Å². The van der Waals surface area contributed by atoms with Crippen molar-refractivity contribution in [2.75, 3.05) is 13.7 Å². The van der Waals surface area contributed by atoms with Crippen molar-refractivity contribution in [3.05, 3.63) is 58.1 Å². The number of aliphatic carboxylic acids is 1. The second-order valence-corrected chi connectivity index (χ2v) is 5.48. The molecule has 1 N–H and O–H groups in total. The largest absolute Gasteiger partial charge is 0.493 e. The van der Waals surface area contributed by atoms with Crippen LogP contribution < -0.4 is 9.47 Å². The molecule has 130 valence electrons. The van der Waals surface area contributed by atoms with Gasteiger partial charge >= 0.3 is 5.97 Å². The zero-order valence-electron chi connectivity index (χ0n) is 13.7. The molecule has 2 aromatic rings. The van der Waals surface area contributed by atoms with Crippen LogP contribution in [-0.4, -0.2) is 24.8 Å². The van der Waals surface area contributed by atoms with Crippen molar-refractivity contribution in [2.45, 2.75) is 0 Å². The number of halogens is 1. The third kappa shape index (κ3) is 4.54. The Morgan fingerprint density at radius 1 is 1.27 bits per heavy atom. The standard InChI is InChI=1S/C19H13ClN2O4/c1-25-17-8-13(7-16(20)19(17)26-11-18(23)24)6-15(10-22)14-4-2-12(9-21)3-5-14/h2-8H,11H2,1H3,(H,23,24)/b15-6-. The highest BCUT2D eigenvalue weighted by atomic mass is 35.5. The number of hydrogen-bond acceptors (Lipinski definition) is 5. The van der Waals surface area contributed by atoms with Gasteiger partial charge in [-0.15, -0.1) is 0 Å². The van der Waals surface area contributed by atoms with Crippen molar-refractivity contribution < 1.29 is 19.4 Å². The maximum Gasteiger partial charge on any atom is 0.341 e. The number of carboxylic acids is 1. The molecule has 0 radical (unpaired) electrons.